The van der Waals surface area contributed by atoms with E-state index in [1.165, 1.54) is 0 Å². The highest BCUT2D eigenvalue weighted by Crippen LogP contribution is 2.21. The van der Waals surface area contributed by atoms with Crippen molar-refractivity contribution in [3.63, 3.8) is 0 Å². The molecule has 0 aliphatic heterocycles. The number of nitriles is 1. The predicted molar refractivity (Wildman–Crippen MR) is 61.5 cm³/mol. The van der Waals surface area contributed by atoms with Crippen LogP contribution in [0.25, 0.3) is 11.4 Å². The lowest BCUT2D eigenvalue weighted by molar-refractivity contribution is 0.711. The molecular weight excluding hydrogens is 270 g/mol. The molecule has 0 radical (unpaired) electrons. The number of nitrogens with zero attached hydrogens (tertiary/aromatic N) is 5. The second kappa shape index (κ2) is 4.86. The predicted octanol–water partition coefficient (Wildman–Crippen LogP) is 1.76. The lowest BCUT2D eigenvalue weighted by Gasteiger charge is -1.96. The van der Waals surface area contributed by atoms with Gasteiger partial charge < -0.3 is 0 Å². The largest absolute Gasteiger partial charge is 0.261 e. The zero-order chi connectivity index (χ0) is 11.4. The molecule has 0 unspecified atom stereocenters. The monoisotopic (exact) mass is 277 g/mol. The molecule has 2 heterocycles. The van der Waals surface area contributed by atoms with Gasteiger partial charge in [-0.15, -0.1) is 0 Å². The van der Waals surface area contributed by atoms with Crippen LogP contribution in [0.4, 0.5) is 0 Å². The van der Waals surface area contributed by atoms with E-state index in [2.05, 4.69) is 31.0 Å². The van der Waals surface area contributed by atoms with Gasteiger partial charge in [-0.25, -0.2) is 0 Å². The molecule has 0 bridgehead atoms. The molecule has 0 aromatic carbocycles. The molecular formula is C10H8BrN5. The highest BCUT2D eigenvalue weighted by atomic mass is 79.9. The molecule has 2 aromatic rings. The van der Waals surface area contributed by atoms with Gasteiger partial charge in [0.25, 0.3) is 0 Å². The minimum absolute atomic E-state index is 0.236. The van der Waals surface area contributed by atoms with Crippen molar-refractivity contribution in [1.82, 2.24) is 19.7 Å². The number of rotatable bonds is 3. The van der Waals surface area contributed by atoms with Crippen molar-refractivity contribution in [2.24, 2.45) is 0 Å². The third-order valence-corrected chi connectivity index (χ3v) is 2.62. The Morgan fingerprint density at radius 3 is 2.94 bits per heavy atom. The van der Waals surface area contributed by atoms with Crippen LogP contribution in [0.1, 0.15) is 5.56 Å². The van der Waals surface area contributed by atoms with E-state index in [0.29, 0.717) is 11.0 Å². The smallest absolute Gasteiger partial charge is 0.128 e. The Kier molecular flexibility index (Phi) is 3.27. The number of alkyl halides is 1. The maximum atomic E-state index is 8.61. The first-order valence-electron chi connectivity index (χ1n) is 4.60. The molecule has 0 saturated carbocycles. The quantitative estimate of drug-likeness (QED) is 0.802. The van der Waals surface area contributed by atoms with E-state index in [9.17, 15) is 0 Å². The van der Waals surface area contributed by atoms with Gasteiger partial charge in [0.15, 0.2) is 0 Å². The number of hydrogen-bond acceptors (Lipinski definition) is 4. The summed E-state index contributed by atoms with van der Waals surface area (Å²) in [5.74, 6) is 0. The highest BCUT2D eigenvalue weighted by Gasteiger charge is 2.11. The zero-order valence-corrected chi connectivity index (χ0v) is 9.92. The van der Waals surface area contributed by atoms with Gasteiger partial charge >= 0.3 is 0 Å². The summed E-state index contributed by atoms with van der Waals surface area (Å²) < 4.78 is 1.60. The van der Waals surface area contributed by atoms with Gasteiger partial charge in [-0.05, 0) is 0 Å². The molecule has 0 saturated heterocycles. The maximum absolute atomic E-state index is 8.61. The van der Waals surface area contributed by atoms with Crippen LogP contribution in [0.15, 0.2) is 24.8 Å². The summed E-state index contributed by atoms with van der Waals surface area (Å²) in [4.78, 5) is 8.19. The first-order valence-corrected chi connectivity index (χ1v) is 5.73. The first-order chi connectivity index (χ1) is 7.85. The van der Waals surface area contributed by atoms with Crippen LogP contribution in [0.3, 0.4) is 0 Å². The summed E-state index contributed by atoms with van der Waals surface area (Å²) in [7, 11) is 0. The SMILES string of the molecule is N#CCn1cc(CBr)c(-c2cnccn2)n1. The minimum Gasteiger partial charge on any atom is -0.261 e. The van der Waals surface area contributed by atoms with Gasteiger partial charge in [0.2, 0.25) is 0 Å². The van der Waals surface area contributed by atoms with E-state index in [0.717, 1.165) is 11.3 Å². The molecule has 0 fully saturated rings. The Morgan fingerprint density at radius 1 is 1.44 bits per heavy atom. The average molecular weight is 278 g/mol. The van der Waals surface area contributed by atoms with Crippen LogP contribution < -0.4 is 0 Å². The molecule has 0 aliphatic rings. The second-order valence-corrected chi connectivity index (χ2v) is 3.64. The van der Waals surface area contributed by atoms with E-state index < -0.39 is 0 Å². The molecule has 16 heavy (non-hydrogen) atoms. The Bertz CT molecular complexity index is 514. The fourth-order valence-electron chi connectivity index (χ4n) is 1.35. The molecule has 0 N–H and O–H groups in total. The molecule has 6 heteroatoms. The Labute approximate surface area is 101 Å². The topological polar surface area (TPSA) is 67.4 Å². The fourth-order valence-corrected chi connectivity index (χ4v) is 1.76. The number of halogens is 1. The molecule has 5 nitrogen and oxygen atoms in total. The Balaban J connectivity index is 2.44. The van der Waals surface area contributed by atoms with Crippen LogP contribution in [0, 0.1) is 11.3 Å². The lowest BCUT2D eigenvalue weighted by atomic mass is 10.2. The molecule has 2 aromatic heterocycles. The van der Waals surface area contributed by atoms with Crippen LogP contribution in [-0.4, -0.2) is 19.7 Å². The van der Waals surface area contributed by atoms with Crippen molar-refractivity contribution in [2.45, 2.75) is 11.9 Å². The summed E-state index contributed by atoms with van der Waals surface area (Å²) in [5, 5.41) is 13.6. The van der Waals surface area contributed by atoms with Crippen molar-refractivity contribution < 1.29 is 0 Å². The van der Waals surface area contributed by atoms with Crippen molar-refractivity contribution in [1.29, 1.82) is 5.26 Å². The van der Waals surface area contributed by atoms with Gasteiger partial charge in [0.05, 0.1) is 12.3 Å². The number of hydrogen-bond donors (Lipinski definition) is 0. The zero-order valence-electron chi connectivity index (χ0n) is 8.34. The van der Waals surface area contributed by atoms with E-state index >= 15 is 0 Å². The van der Waals surface area contributed by atoms with E-state index in [1.807, 2.05) is 12.3 Å². The third-order valence-electron chi connectivity index (χ3n) is 2.02. The number of aromatic nitrogens is 4. The van der Waals surface area contributed by atoms with Crippen LogP contribution in [0.2, 0.25) is 0 Å². The van der Waals surface area contributed by atoms with Crippen LogP contribution >= 0.6 is 15.9 Å². The molecule has 80 valence electrons. The molecule has 2 rings (SSSR count). The minimum atomic E-state index is 0.236. The van der Waals surface area contributed by atoms with E-state index in [-0.39, 0.29) is 6.54 Å². The van der Waals surface area contributed by atoms with Gasteiger partial charge in [-0.2, -0.15) is 10.4 Å². The fraction of sp³-hybridized carbons (Fsp3) is 0.200. The summed E-state index contributed by atoms with van der Waals surface area (Å²) in [6, 6.07) is 2.05. The van der Waals surface area contributed by atoms with Crippen molar-refractivity contribution in [2.75, 3.05) is 0 Å². The molecule has 0 spiro atoms. The lowest BCUT2D eigenvalue weighted by Crippen LogP contribution is -1.96. The van der Waals surface area contributed by atoms with E-state index in [4.69, 9.17) is 5.26 Å². The van der Waals surface area contributed by atoms with Gasteiger partial charge in [0, 0.05) is 29.5 Å². The van der Waals surface area contributed by atoms with Gasteiger partial charge in [0.1, 0.15) is 17.9 Å². The Morgan fingerprint density at radius 2 is 2.31 bits per heavy atom. The average Bonchev–Trinajstić information content (AvgIpc) is 2.74. The normalized spacial score (nSPS) is 10.0. The summed E-state index contributed by atoms with van der Waals surface area (Å²) in [5.41, 5.74) is 2.48. The van der Waals surface area contributed by atoms with Crippen molar-refractivity contribution in [3.8, 4) is 17.5 Å². The van der Waals surface area contributed by atoms with E-state index in [1.54, 1.807) is 23.3 Å². The molecule has 0 amide bonds. The van der Waals surface area contributed by atoms with Crippen LogP contribution in [-0.2, 0) is 11.9 Å². The highest BCUT2D eigenvalue weighted by molar-refractivity contribution is 9.08. The van der Waals surface area contributed by atoms with Gasteiger partial charge in [-0.3, -0.25) is 14.6 Å². The summed E-state index contributed by atoms with van der Waals surface area (Å²) in [6.45, 7) is 0.236. The van der Waals surface area contributed by atoms with Crippen molar-refractivity contribution in [3.05, 3.63) is 30.4 Å². The Hall–Kier alpha value is -1.74. The summed E-state index contributed by atoms with van der Waals surface area (Å²) >= 11 is 3.39. The molecule has 0 atom stereocenters. The maximum Gasteiger partial charge on any atom is 0.128 e. The second-order valence-electron chi connectivity index (χ2n) is 3.08. The standard InChI is InChI=1S/C10H8BrN5/c11-5-8-7-16(4-1-12)15-10(8)9-6-13-2-3-14-9/h2-3,6-7H,4-5H2. The van der Waals surface area contributed by atoms with Gasteiger partial charge in [-0.1, -0.05) is 15.9 Å². The molecule has 0 aliphatic carbocycles. The van der Waals surface area contributed by atoms with Crippen LogP contribution in [0.5, 0.6) is 0 Å². The van der Waals surface area contributed by atoms with Crippen molar-refractivity contribution >= 4 is 15.9 Å². The third kappa shape index (κ3) is 2.09. The summed E-state index contributed by atoms with van der Waals surface area (Å²) in [6.07, 6.45) is 6.73. The first kappa shape index (κ1) is 10.8.